The Bertz CT molecular complexity index is 3770. The van der Waals surface area contributed by atoms with Crippen molar-refractivity contribution in [2.75, 3.05) is 9.80 Å². The van der Waals surface area contributed by atoms with E-state index in [4.69, 9.17) is 4.42 Å². The van der Waals surface area contributed by atoms with Crippen LogP contribution < -0.4 is 9.80 Å². The summed E-state index contributed by atoms with van der Waals surface area (Å²) in [4.78, 5) is 5.11. The second kappa shape index (κ2) is 18.6. The molecule has 78 heavy (non-hydrogen) atoms. The third-order valence-corrected chi connectivity index (χ3v) is 18.5. The summed E-state index contributed by atoms with van der Waals surface area (Å²) in [5.74, 6) is 0. The van der Waals surface area contributed by atoms with Gasteiger partial charge >= 0.3 is 0 Å². The quantitative estimate of drug-likeness (QED) is 0.151. The number of aryl methyl sites for hydroxylation is 3. The summed E-state index contributed by atoms with van der Waals surface area (Å²) in [6, 6.07) is 58.6. The molecule has 0 bridgehead atoms. The molecule has 3 nitrogen and oxygen atoms in total. The average Bonchev–Trinajstić information content (AvgIpc) is 3.88. The highest BCUT2D eigenvalue weighted by molar-refractivity contribution is 6.08. The Morgan fingerprint density at radius 1 is 0.372 bits per heavy atom. The van der Waals surface area contributed by atoms with Crippen LogP contribution in [0, 0.1) is 20.8 Å². The molecule has 0 radical (unpaired) electrons. The van der Waals surface area contributed by atoms with Gasteiger partial charge in [0, 0.05) is 44.8 Å². The standard InChI is InChI=1S/C75H84N2O/c1-47-22-21-23-48(2)69(47)51-39-56(76(54-29-26-52(27-30-54)70(4,5)6)66-45-63-61(38-49(66)3)72(10,11)34-36-74(63,14)15)42-57(40-51)77(65-32-28-53(71(7,8)9)41-58(65)50-24-19-18-20-25-50)55-31-33-67-59(43-55)60-44-62-64(46-68(60)78-67)75(16,17)37-35-73(62,12)13/h18-33,38-46H,34-37H2,1-17H3. The van der Waals surface area contributed by atoms with Gasteiger partial charge in [-0.2, -0.15) is 0 Å². The number of rotatable bonds is 8. The summed E-state index contributed by atoms with van der Waals surface area (Å²) in [6.07, 6.45) is 4.61. The number of furan rings is 1. The van der Waals surface area contributed by atoms with Gasteiger partial charge in [0.05, 0.1) is 5.69 Å². The van der Waals surface area contributed by atoms with Crippen molar-refractivity contribution in [1.82, 2.24) is 0 Å². The van der Waals surface area contributed by atoms with Gasteiger partial charge in [0.15, 0.2) is 0 Å². The van der Waals surface area contributed by atoms with Gasteiger partial charge in [0.1, 0.15) is 11.2 Å². The van der Waals surface area contributed by atoms with Gasteiger partial charge in [-0.1, -0.05) is 170 Å². The minimum absolute atomic E-state index is 0.00319. The van der Waals surface area contributed by atoms with Crippen LogP contribution in [0.5, 0.6) is 0 Å². The van der Waals surface area contributed by atoms with E-state index in [0.717, 1.165) is 64.3 Å². The smallest absolute Gasteiger partial charge is 0.135 e. The van der Waals surface area contributed by atoms with Crippen LogP contribution in [0.3, 0.4) is 0 Å². The average molecular weight is 1030 g/mol. The normalized spacial score (nSPS) is 16.5. The first-order chi connectivity index (χ1) is 36.6. The second-order valence-corrected chi connectivity index (χ2v) is 28.2. The highest BCUT2D eigenvalue weighted by Crippen LogP contribution is 2.53. The minimum atomic E-state index is -0.0714. The fourth-order valence-corrected chi connectivity index (χ4v) is 13.2. The SMILES string of the molecule is Cc1cc2c(cc1N(c1ccc(C(C)(C)C)cc1)c1cc(-c3c(C)cccc3C)cc(N(c3ccc4oc5cc6c(cc5c4c3)C(C)(C)CCC6(C)C)c3ccc(C(C)(C)C)cc3-c3ccccc3)c1)C(C)(C)CCC2(C)C. The van der Waals surface area contributed by atoms with Gasteiger partial charge in [0.2, 0.25) is 0 Å². The van der Waals surface area contributed by atoms with Crippen LogP contribution in [-0.4, -0.2) is 0 Å². The Morgan fingerprint density at radius 2 is 0.872 bits per heavy atom. The first-order valence-electron chi connectivity index (χ1n) is 28.9. The molecular formula is C75H84N2O. The zero-order chi connectivity index (χ0) is 55.6. The van der Waals surface area contributed by atoms with E-state index >= 15 is 0 Å². The number of anilines is 6. The molecule has 2 aliphatic carbocycles. The van der Waals surface area contributed by atoms with Gasteiger partial charge in [-0.15, -0.1) is 0 Å². The molecule has 8 aromatic carbocycles. The number of hydrogen-bond acceptors (Lipinski definition) is 3. The van der Waals surface area contributed by atoms with Crippen molar-refractivity contribution in [1.29, 1.82) is 0 Å². The summed E-state index contributed by atoms with van der Waals surface area (Å²) in [7, 11) is 0. The lowest BCUT2D eigenvalue weighted by atomic mass is 9.63. The van der Waals surface area contributed by atoms with Gasteiger partial charge < -0.3 is 14.2 Å². The van der Waals surface area contributed by atoms with E-state index in [1.165, 1.54) is 89.8 Å². The molecule has 3 heteroatoms. The zero-order valence-corrected chi connectivity index (χ0v) is 50.1. The maximum Gasteiger partial charge on any atom is 0.135 e. The monoisotopic (exact) mass is 1030 g/mol. The van der Waals surface area contributed by atoms with Crippen LogP contribution in [-0.2, 0) is 32.5 Å². The molecule has 2 aliphatic rings. The summed E-state index contributed by atoms with van der Waals surface area (Å²) >= 11 is 0. The molecule has 11 rings (SSSR count). The maximum absolute atomic E-state index is 6.91. The molecular weight excluding hydrogens is 945 g/mol. The summed E-state index contributed by atoms with van der Waals surface area (Å²) in [6.45, 7) is 40.2. The topological polar surface area (TPSA) is 19.6 Å². The lowest BCUT2D eigenvalue weighted by Crippen LogP contribution is -2.34. The molecule has 0 atom stereocenters. The Balaban J connectivity index is 1.25. The molecule has 0 aliphatic heterocycles. The molecule has 0 saturated heterocycles. The molecule has 0 saturated carbocycles. The first-order valence-corrected chi connectivity index (χ1v) is 28.9. The van der Waals surface area contributed by atoms with Crippen molar-refractivity contribution >= 4 is 56.1 Å². The largest absolute Gasteiger partial charge is 0.456 e. The minimum Gasteiger partial charge on any atom is -0.456 e. The highest BCUT2D eigenvalue weighted by Gasteiger charge is 2.40. The molecule has 400 valence electrons. The lowest BCUT2D eigenvalue weighted by Gasteiger charge is -2.43. The number of nitrogens with zero attached hydrogens (tertiary/aromatic N) is 2. The van der Waals surface area contributed by atoms with E-state index in [1.807, 2.05) is 0 Å². The Morgan fingerprint density at radius 3 is 1.45 bits per heavy atom. The summed E-state index contributed by atoms with van der Waals surface area (Å²) < 4.78 is 6.91. The van der Waals surface area contributed by atoms with Crippen LogP contribution >= 0.6 is 0 Å². The highest BCUT2D eigenvalue weighted by atomic mass is 16.3. The van der Waals surface area contributed by atoms with Crippen molar-refractivity contribution in [2.45, 2.75) is 176 Å². The second-order valence-electron chi connectivity index (χ2n) is 28.2. The predicted molar refractivity (Wildman–Crippen MR) is 336 cm³/mol. The van der Waals surface area contributed by atoms with E-state index in [0.29, 0.717) is 0 Å². The van der Waals surface area contributed by atoms with Crippen molar-refractivity contribution in [3.05, 3.63) is 202 Å². The Kier molecular flexibility index (Phi) is 12.7. The first kappa shape index (κ1) is 53.2. The molecule has 1 heterocycles. The molecule has 0 N–H and O–H groups in total. The Hall–Kier alpha value is -6.84. The predicted octanol–water partition coefficient (Wildman–Crippen LogP) is 22.1. The molecule has 0 spiro atoms. The van der Waals surface area contributed by atoms with E-state index < -0.39 is 0 Å². The van der Waals surface area contributed by atoms with Crippen molar-refractivity contribution in [3.8, 4) is 22.3 Å². The van der Waals surface area contributed by atoms with Crippen molar-refractivity contribution in [3.63, 3.8) is 0 Å². The fraction of sp³-hybridized carbons (Fsp3) is 0.360. The van der Waals surface area contributed by atoms with Crippen LogP contribution in [0.2, 0.25) is 0 Å². The van der Waals surface area contributed by atoms with Gasteiger partial charge in [-0.05, 0) is 225 Å². The van der Waals surface area contributed by atoms with E-state index in [2.05, 4.69) is 279 Å². The zero-order valence-electron chi connectivity index (χ0n) is 50.1. The molecule has 0 fully saturated rings. The fourth-order valence-electron chi connectivity index (χ4n) is 13.2. The van der Waals surface area contributed by atoms with Crippen LogP contribution in [0.15, 0.2) is 156 Å². The van der Waals surface area contributed by atoms with E-state index in [-0.39, 0.29) is 32.5 Å². The molecule has 1 aromatic heterocycles. The number of hydrogen-bond donors (Lipinski definition) is 0. The van der Waals surface area contributed by atoms with E-state index in [1.54, 1.807) is 0 Å². The van der Waals surface area contributed by atoms with Gasteiger partial charge in [0.25, 0.3) is 0 Å². The Labute approximate surface area is 467 Å². The maximum atomic E-state index is 6.91. The van der Waals surface area contributed by atoms with Crippen LogP contribution in [0.4, 0.5) is 34.1 Å². The van der Waals surface area contributed by atoms with Crippen molar-refractivity contribution < 1.29 is 4.42 Å². The molecule has 0 unspecified atom stereocenters. The summed E-state index contributed by atoms with van der Waals surface area (Å²) in [5.41, 5.74) is 25.7. The number of fused-ring (bicyclic) bond motifs is 5. The third kappa shape index (κ3) is 9.37. The number of benzene rings is 8. The molecule has 9 aromatic rings. The lowest BCUT2D eigenvalue weighted by molar-refractivity contribution is 0.332. The summed E-state index contributed by atoms with van der Waals surface area (Å²) in [5, 5.41) is 2.30. The molecule has 0 amide bonds. The van der Waals surface area contributed by atoms with Crippen LogP contribution in [0.25, 0.3) is 44.2 Å². The van der Waals surface area contributed by atoms with E-state index in [9.17, 15) is 0 Å². The third-order valence-electron chi connectivity index (χ3n) is 18.5. The van der Waals surface area contributed by atoms with Gasteiger partial charge in [-0.25, -0.2) is 0 Å². The van der Waals surface area contributed by atoms with Crippen molar-refractivity contribution in [2.24, 2.45) is 0 Å². The van der Waals surface area contributed by atoms with Crippen LogP contribution in [0.1, 0.15) is 173 Å². The van der Waals surface area contributed by atoms with Gasteiger partial charge in [-0.3, -0.25) is 0 Å².